The molecule has 3 aromatic rings. The number of aromatic nitrogens is 1. The fourth-order valence-electron chi connectivity index (χ4n) is 4.51. The molecule has 2 aliphatic heterocycles. The monoisotopic (exact) mass is 508 g/mol. The van der Waals surface area contributed by atoms with Crippen molar-refractivity contribution in [2.45, 2.75) is 19.8 Å². The van der Waals surface area contributed by atoms with Crippen LogP contribution in [0.4, 0.5) is 8.78 Å². The van der Waals surface area contributed by atoms with Gasteiger partial charge < -0.3 is 14.5 Å². The van der Waals surface area contributed by atoms with Crippen LogP contribution >= 0.6 is 11.3 Å². The van der Waals surface area contributed by atoms with E-state index in [0.717, 1.165) is 29.1 Å². The topological polar surface area (TPSA) is 58.0 Å². The molecule has 0 saturated carbocycles. The highest BCUT2D eigenvalue weighted by Gasteiger charge is 2.26. The van der Waals surface area contributed by atoms with Crippen molar-refractivity contribution in [1.29, 1.82) is 0 Å². The molecule has 0 N–H and O–H groups in total. The van der Waals surface area contributed by atoms with Gasteiger partial charge in [0.15, 0.2) is 11.6 Å². The maximum absolute atomic E-state index is 14.1. The zero-order chi connectivity index (χ0) is 25.2. The number of hydrogen-bond acceptors (Lipinski definition) is 6. The normalized spacial score (nSPS) is 15.7. The molecule has 0 saturated heterocycles. The number of ether oxygens (including phenoxy) is 1. The lowest BCUT2D eigenvalue weighted by Gasteiger charge is -2.31. The van der Waals surface area contributed by atoms with Crippen molar-refractivity contribution in [1.82, 2.24) is 14.8 Å². The van der Waals surface area contributed by atoms with Crippen LogP contribution in [0.25, 0.3) is 5.70 Å². The number of amidine groups is 1. The van der Waals surface area contributed by atoms with Crippen LogP contribution in [0.5, 0.6) is 5.75 Å². The number of amides is 1. The second-order valence-corrected chi connectivity index (χ2v) is 10.0. The van der Waals surface area contributed by atoms with Gasteiger partial charge in [0, 0.05) is 48.5 Å². The van der Waals surface area contributed by atoms with E-state index in [-0.39, 0.29) is 24.0 Å². The van der Waals surface area contributed by atoms with Crippen LogP contribution in [0.15, 0.2) is 53.5 Å². The van der Waals surface area contributed by atoms with Gasteiger partial charge in [0.2, 0.25) is 5.91 Å². The maximum Gasteiger partial charge on any atom is 0.242 e. The molecule has 1 amide bonds. The smallest absolute Gasteiger partial charge is 0.242 e. The fraction of sp³-hybridized carbons (Fsp3) is 0.296. The van der Waals surface area contributed by atoms with Crippen molar-refractivity contribution in [2.75, 3.05) is 33.3 Å². The van der Waals surface area contributed by atoms with E-state index in [1.807, 2.05) is 22.8 Å². The first kappa shape index (κ1) is 24.1. The summed E-state index contributed by atoms with van der Waals surface area (Å²) < 4.78 is 32.8. The minimum atomic E-state index is -0.476. The molecule has 5 rings (SSSR count). The first-order chi connectivity index (χ1) is 17.4. The van der Waals surface area contributed by atoms with Crippen molar-refractivity contribution in [3.63, 3.8) is 0 Å². The predicted molar refractivity (Wildman–Crippen MR) is 136 cm³/mol. The molecular formula is C27H26F2N4O2S. The number of fused-ring (bicyclic) bond motifs is 1. The molecule has 0 fully saturated rings. The van der Waals surface area contributed by atoms with Crippen LogP contribution < -0.4 is 4.74 Å². The standard InChI is InChI=1S/C27H26F2N4O2S/c1-17-30-23-10-12-32(14-11-25(23)36-17)26(34)16-33-13-9-22(18-3-6-20(28)7-4-18)31-27(33)19-5-8-21(29)24(15-19)35-2/h3-9,15H,10-14,16H2,1-2H3. The van der Waals surface area contributed by atoms with Crippen LogP contribution in [-0.2, 0) is 17.6 Å². The Morgan fingerprint density at radius 2 is 1.83 bits per heavy atom. The van der Waals surface area contributed by atoms with Crippen molar-refractivity contribution in [3.05, 3.63) is 86.9 Å². The van der Waals surface area contributed by atoms with Crippen LogP contribution in [0.1, 0.15) is 26.7 Å². The largest absolute Gasteiger partial charge is 0.494 e. The van der Waals surface area contributed by atoms with Crippen LogP contribution in [-0.4, -0.2) is 59.8 Å². The second kappa shape index (κ2) is 10.2. The Labute approximate surface area is 212 Å². The summed E-state index contributed by atoms with van der Waals surface area (Å²) in [6, 6.07) is 10.6. The number of nitrogens with zero attached hydrogens (tertiary/aromatic N) is 4. The molecule has 0 aliphatic carbocycles. The van der Waals surface area contributed by atoms with Gasteiger partial charge in [-0.1, -0.05) is 0 Å². The van der Waals surface area contributed by atoms with Gasteiger partial charge in [-0.15, -0.1) is 11.3 Å². The third-order valence-corrected chi connectivity index (χ3v) is 7.44. The van der Waals surface area contributed by atoms with E-state index in [9.17, 15) is 13.6 Å². The second-order valence-electron chi connectivity index (χ2n) is 8.75. The third kappa shape index (κ3) is 5.02. The Hall–Kier alpha value is -3.59. The number of methoxy groups -OCH3 is 1. The number of hydrogen-bond donors (Lipinski definition) is 0. The Kier molecular flexibility index (Phi) is 6.82. The average molecular weight is 509 g/mol. The van der Waals surface area contributed by atoms with Crippen molar-refractivity contribution in [3.8, 4) is 5.75 Å². The van der Waals surface area contributed by atoms with Crippen LogP contribution in [0.2, 0.25) is 0 Å². The van der Waals surface area contributed by atoms with E-state index < -0.39 is 5.82 Å². The summed E-state index contributed by atoms with van der Waals surface area (Å²) in [7, 11) is 1.41. The molecule has 0 spiro atoms. The molecule has 2 aliphatic rings. The lowest BCUT2D eigenvalue weighted by molar-refractivity contribution is -0.131. The Morgan fingerprint density at radius 1 is 1.08 bits per heavy atom. The van der Waals surface area contributed by atoms with Gasteiger partial charge in [-0.25, -0.2) is 18.8 Å². The number of rotatable bonds is 5. The van der Waals surface area contributed by atoms with Crippen molar-refractivity contribution < 1.29 is 18.3 Å². The lowest BCUT2D eigenvalue weighted by Crippen LogP contribution is -2.45. The van der Waals surface area contributed by atoms with E-state index in [4.69, 9.17) is 9.73 Å². The third-order valence-electron chi connectivity index (χ3n) is 6.37. The molecule has 0 atom stereocenters. The highest BCUT2D eigenvalue weighted by molar-refractivity contribution is 7.11. The fourth-order valence-corrected chi connectivity index (χ4v) is 5.48. The zero-order valence-electron chi connectivity index (χ0n) is 20.1. The van der Waals surface area contributed by atoms with Gasteiger partial charge in [-0.05, 0) is 55.5 Å². The molecule has 9 heteroatoms. The highest BCUT2D eigenvalue weighted by atomic mass is 32.1. The van der Waals surface area contributed by atoms with Gasteiger partial charge in [0.05, 0.1) is 30.1 Å². The van der Waals surface area contributed by atoms with Crippen molar-refractivity contribution in [2.24, 2.45) is 4.99 Å². The summed E-state index contributed by atoms with van der Waals surface area (Å²) in [5, 5.41) is 1.06. The SMILES string of the molecule is COc1cc(C2=NC(c3ccc(F)cc3)=CCN2CC(=O)N2CCc3nc(C)sc3CC2)ccc1F. The molecule has 6 nitrogen and oxygen atoms in total. The van der Waals surface area contributed by atoms with E-state index in [2.05, 4.69) is 4.98 Å². The van der Waals surface area contributed by atoms with Gasteiger partial charge in [0.25, 0.3) is 0 Å². The highest BCUT2D eigenvalue weighted by Crippen LogP contribution is 2.27. The summed E-state index contributed by atoms with van der Waals surface area (Å²) in [4.78, 5) is 27.8. The minimum Gasteiger partial charge on any atom is -0.494 e. The summed E-state index contributed by atoms with van der Waals surface area (Å²) in [6.07, 6.45) is 3.46. The van der Waals surface area contributed by atoms with Crippen LogP contribution in [0, 0.1) is 18.6 Å². The molecule has 3 heterocycles. The number of aryl methyl sites for hydroxylation is 1. The molecule has 1 aromatic heterocycles. The number of carbonyl (C=O) groups excluding carboxylic acids is 1. The van der Waals surface area contributed by atoms with E-state index >= 15 is 0 Å². The Balaban J connectivity index is 1.40. The quantitative estimate of drug-likeness (QED) is 0.510. The number of halogens is 2. The summed E-state index contributed by atoms with van der Waals surface area (Å²) >= 11 is 1.70. The molecule has 186 valence electrons. The minimum absolute atomic E-state index is 0.00211. The van der Waals surface area contributed by atoms with Gasteiger partial charge in [0.1, 0.15) is 11.7 Å². The number of benzene rings is 2. The summed E-state index contributed by atoms with van der Waals surface area (Å²) in [6.45, 7) is 3.84. The Bertz CT molecular complexity index is 1320. The maximum atomic E-state index is 14.1. The average Bonchev–Trinajstić information content (AvgIpc) is 3.12. The number of aliphatic imine (C=N–C) groups is 1. The zero-order valence-corrected chi connectivity index (χ0v) is 20.9. The molecule has 36 heavy (non-hydrogen) atoms. The summed E-state index contributed by atoms with van der Waals surface area (Å²) in [5.41, 5.74) is 3.15. The number of thiazole rings is 1. The van der Waals surface area contributed by atoms with Gasteiger partial charge in [-0.3, -0.25) is 4.79 Å². The first-order valence-corrected chi connectivity index (χ1v) is 12.6. The van der Waals surface area contributed by atoms with Gasteiger partial charge >= 0.3 is 0 Å². The Morgan fingerprint density at radius 3 is 2.61 bits per heavy atom. The van der Waals surface area contributed by atoms with E-state index in [1.54, 1.807) is 35.6 Å². The van der Waals surface area contributed by atoms with E-state index in [1.165, 1.54) is 30.2 Å². The van der Waals surface area contributed by atoms with Crippen molar-refractivity contribution >= 4 is 28.8 Å². The van der Waals surface area contributed by atoms with E-state index in [0.29, 0.717) is 36.7 Å². The molecule has 2 aromatic carbocycles. The van der Waals surface area contributed by atoms with Crippen LogP contribution in [0.3, 0.4) is 0 Å². The molecule has 0 unspecified atom stereocenters. The molecule has 0 bridgehead atoms. The molecular weight excluding hydrogens is 482 g/mol. The first-order valence-electron chi connectivity index (χ1n) is 11.8. The lowest BCUT2D eigenvalue weighted by atomic mass is 10.1. The van der Waals surface area contributed by atoms with Gasteiger partial charge in [-0.2, -0.15) is 0 Å². The number of carbonyl (C=O) groups is 1. The predicted octanol–water partition coefficient (Wildman–Crippen LogP) is 4.47. The molecule has 0 radical (unpaired) electrons. The summed E-state index contributed by atoms with van der Waals surface area (Å²) in [5.74, 6) is -0.166.